The van der Waals surface area contributed by atoms with Crippen molar-refractivity contribution in [3.8, 4) is 0 Å². The summed E-state index contributed by atoms with van der Waals surface area (Å²) in [5.74, 6) is 0.690. The minimum absolute atomic E-state index is 0.463. The molecule has 0 aliphatic rings. The van der Waals surface area contributed by atoms with Crippen LogP contribution in [0.4, 0.5) is 0 Å². The summed E-state index contributed by atoms with van der Waals surface area (Å²) in [6.45, 7) is 14.7. The van der Waals surface area contributed by atoms with Crippen LogP contribution in [0.25, 0.3) is 0 Å². The molecule has 1 aromatic carbocycles. The standard InChI is InChI=1S/C18H32N2/c1-6-12-19-13-18(17-10-8-7-9-11-17)20(16(4)5)14-15(2)3/h7-11,15-16,18-19H,6,12-14H2,1-5H3. The second-order valence-corrected chi connectivity index (χ2v) is 6.31. The third kappa shape index (κ3) is 5.64. The number of hydrogen-bond acceptors (Lipinski definition) is 2. The molecule has 114 valence electrons. The van der Waals surface area contributed by atoms with Gasteiger partial charge in [-0.15, -0.1) is 0 Å². The molecule has 0 radical (unpaired) electrons. The van der Waals surface area contributed by atoms with Crippen LogP contribution in [-0.2, 0) is 0 Å². The number of nitrogens with zero attached hydrogens (tertiary/aromatic N) is 1. The van der Waals surface area contributed by atoms with Gasteiger partial charge in [0, 0.05) is 25.2 Å². The van der Waals surface area contributed by atoms with E-state index in [1.807, 2.05) is 0 Å². The summed E-state index contributed by atoms with van der Waals surface area (Å²) >= 11 is 0. The lowest BCUT2D eigenvalue weighted by Crippen LogP contribution is -2.42. The lowest BCUT2D eigenvalue weighted by atomic mass is 10.0. The number of benzene rings is 1. The maximum atomic E-state index is 3.60. The fourth-order valence-electron chi connectivity index (χ4n) is 2.64. The predicted octanol–water partition coefficient (Wildman–Crippen LogP) is 4.09. The minimum Gasteiger partial charge on any atom is -0.315 e. The van der Waals surface area contributed by atoms with Crippen LogP contribution in [0.2, 0.25) is 0 Å². The summed E-state index contributed by atoms with van der Waals surface area (Å²) in [5.41, 5.74) is 1.42. The normalized spacial score (nSPS) is 13.4. The Morgan fingerprint density at radius 3 is 2.20 bits per heavy atom. The summed E-state index contributed by atoms with van der Waals surface area (Å²) in [6, 6.07) is 11.9. The SMILES string of the molecule is CCCNCC(c1ccccc1)N(CC(C)C)C(C)C. The van der Waals surface area contributed by atoms with Crippen LogP contribution in [0.15, 0.2) is 30.3 Å². The van der Waals surface area contributed by atoms with Gasteiger partial charge in [-0.3, -0.25) is 4.90 Å². The maximum Gasteiger partial charge on any atom is 0.0475 e. The highest BCUT2D eigenvalue weighted by molar-refractivity contribution is 5.19. The molecule has 1 rings (SSSR count). The fourth-order valence-corrected chi connectivity index (χ4v) is 2.64. The molecule has 2 heteroatoms. The Morgan fingerprint density at radius 2 is 1.70 bits per heavy atom. The quantitative estimate of drug-likeness (QED) is 0.683. The van der Waals surface area contributed by atoms with Gasteiger partial charge in [-0.05, 0) is 38.3 Å². The van der Waals surface area contributed by atoms with E-state index < -0.39 is 0 Å². The van der Waals surface area contributed by atoms with E-state index >= 15 is 0 Å². The van der Waals surface area contributed by atoms with Crippen LogP contribution in [0.5, 0.6) is 0 Å². The molecule has 0 fully saturated rings. The zero-order chi connectivity index (χ0) is 15.0. The Bertz CT molecular complexity index is 346. The van der Waals surface area contributed by atoms with Crippen molar-refractivity contribution in [2.75, 3.05) is 19.6 Å². The van der Waals surface area contributed by atoms with Gasteiger partial charge in [0.15, 0.2) is 0 Å². The molecule has 0 saturated heterocycles. The van der Waals surface area contributed by atoms with Crippen LogP contribution in [-0.4, -0.2) is 30.6 Å². The zero-order valence-electron chi connectivity index (χ0n) is 13.9. The fraction of sp³-hybridized carbons (Fsp3) is 0.667. The highest BCUT2D eigenvalue weighted by Gasteiger charge is 2.23. The first-order valence-corrected chi connectivity index (χ1v) is 8.07. The average Bonchev–Trinajstić information content (AvgIpc) is 2.42. The Morgan fingerprint density at radius 1 is 1.05 bits per heavy atom. The maximum absolute atomic E-state index is 3.60. The molecule has 20 heavy (non-hydrogen) atoms. The van der Waals surface area contributed by atoms with Gasteiger partial charge in [-0.2, -0.15) is 0 Å². The van der Waals surface area contributed by atoms with Gasteiger partial charge < -0.3 is 5.32 Å². The summed E-state index contributed by atoms with van der Waals surface area (Å²) < 4.78 is 0. The van der Waals surface area contributed by atoms with Crippen LogP contribution in [0, 0.1) is 5.92 Å². The molecule has 0 heterocycles. The number of rotatable bonds is 9. The molecule has 0 spiro atoms. The van der Waals surface area contributed by atoms with Crippen LogP contribution >= 0.6 is 0 Å². The molecule has 2 nitrogen and oxygen atoms in total. The van der Waals surface area contributed by atoms with E-state index in [2.05, 4.69) is 75.2 Å². The van der Waals surface area contributed by atoms with Crippen molar-refractivity contribution in [1.82, 2.24) is 10.2 Å². The highest BCUT2D eigenvalue weighted by atomic mass is 15.2. The minimum atomic E-state index is 0.463. The Balaban J connectivity index is 2.88. The third-order valence-electron chi connectivity index (χ3n) is 3.59. The monoisotopic (exact) mass is 276 g/mol. The van der Waals surface area contributed by atoms with Crippen LogP contribution in [0.1, 0.15) is 52.6 Å². The summed E-state index contributed by atoms with van der Waals surface area (Å²) in [4.78, 5) is 2.63. The van der Waals surface area contributed by atoms with Gasteiger partial charge in [-0.25, -0.2) is 0 Å². The van der Waals surface area contributed by atoms with E-state index in [0.717, 1.165) is 19.6 Å². The first-order valence-electron chi connectivity index (χ1n) is 8.07. The molecule has 0 aliphatic heterocycles. The highest BCUT2D eigenvalue weighted by Crippen LogP contribution is 2.23. The average molecular weight is 276 g/mol. The molecular weight excluding hydrogens is 244 g/mol. The van der Waals surface area contributed by atoms with Crippen LogP contribution in [0.3, 0.4) is 0 Å². The summed E-state index contributed by atoms with van der Waals surface area (Å²) in [7, 11) is 0. The Kier molecular flexibility index (Phi) is 7.86. The van der Waals surface area contributed by atoms with E-state index in [9.17, 15) is 0 Å². The van der Waals surface area contributed by atoms with E-state index in [1.165, 1.54) is 12.0 Å². The lowest BCUT2D eigenvalue weighted by Gasteiger charge is -2.37. The van der Waals surface area contributed by atoms with Gasteiger partial charge in [0.25, 0.3) is 0 Å². The Hall–Kier alpha value is -0.860. The van der Waals surface area contributed by atoms with Crippen molar-refractivity contribution in [2.24, 2.45) is 5.92 Å². The van der Waals surface area contributed by atoms with Crippen molar-refractivity contribution in [2.45, 2.75) is 53.1 Å². The van der Waals surface area contributed by atoms with Gasteiger partial charge in [0.1, 0.15) is 0 Å². The second kappa shape index (κ2) is 9.15. The zero-order valence-corrected chi connectivity index (χ0v) is 13.9. The van der Waals surface area contributed by atoms with Crippen molar-refractivity contribution >= 4 is 0 Å². The smallest absolute Gasteiger partial charge is 0.0475 e. The van der Waals surface area contributed by atoms with E-state index in [4.69, 9.17) is 0 Å². The number of hydrogen-bond donors (Lipinski definition) is 1. The van der Waals surface area contributed by atoms with Gasteiger partial charge >= 0.3 is 0 Å². The third-order valence-corrected chi connectivity index (χ3v) is 3.59. The molecule has 1 N–H and O–H groups in total. The molecule has 0 bridgehead atoms. The summed E-state index contributed by atoms with van der Waals surface area (Å²) in [5, 5.41) is 3.60. The second-order valence-electron chi connectivity index (χ2n) is 6.31. The van der Waals surface area contributed by atoms with Gasteiger partial charge in [0.05, 0.1) is 0 Å². The van der Waals surface area contributed by atoms with E-state index in [0.29, 0.717) is 18.0 Å². The molecule has 0 saturated carbocycles. The number of nitrogens with one attached hydrogen (secondary N) is 1. The van der Waals surface area contributed by atoms with Crippen molar-refractivity contribution < 1.29 is 0 Å². The first-order chi connectivity index (χ1) is 9.56. The predicted molar refractivity (Wildman–Crippen MR) is 89.0 cm³/mol. The van der Waals surface area contributed by atoms with Gasteiger partial charge in [-0.1, -0.05) is 51.1 Å². The first kappa shape index (κ1) is 17.2. The molecule has 1 unspecified atom stereocenters. The van der Waals surface area contributed by atoms with E-state index in [1.54, 1.807) is 0 Å². The molecule has 0 amide bonds. The topological polar surface area (TPSA) is 15.3 Å². The summed E-state index contributed by atoms with van der Waals surface area (Å²) in [6.07, 6.45) is 1.19. The largest absolute Gasteiger partial charge is 0.315 e. The lowest BCUT2D eigenvalue weighted by molar-refractivity contribution is 0.132. The van der Waals surface area contributed by atoms with Gasteiger partial charge in [0.2, 0.25) is 0 Å². The van der Waals surface area contributed by atoms with Crippen LogP contribution < -0.4 is 5.32 Å². The molecule has 1 atom stereocenters. The van der Waals surface area contributed by atoms with Crippen molar-refractivity contribution in [1.29, 1.82) is 0 Å². The molecule has 0 aliphatic carbocycles. The molecular formula is C18H32N2. The van der Waals surface area contributed by atoms with E-state index in [-0.39, 0.29) is 0 Å². The van der Waals surface area contributed by atoms with Crippen molar-refractivity contribution in [3.63, 3.8) is 0 Å². The molecule has 1 aromatic rings. The molecule has 0 aromatic heterocycles. The Labute approximate surface area is 125 Å². The van der Waals surface area contributed by atoms with Crippen molar-refractivity contribution in [3.05, 3.63) is 35.9 Å².